The molecule has 0 bridgehead atoms. The number of nitrogens with one attached hydrogen (secondary N) is 1. The lowest BCUT2D eigenvalue weighted by Crippen LogP contribution is -2.50. The molecule has 5 nitrogen and oxygen atoms in total. The first-order chi connectivity index (χ1) is 11.6. The lowest BCUT2D eigenvalue weighted by molar-refractivity contribution is -0.138. The van der Waals surface area contributed by atoms with Gasteiger partial charge in [-0.3, -0.25) is 9.59 Å². The molecular weight excluding hydrogens is 302 g/mol. The van der Waals surface area contributed by atoms with Crippen LogP contribution in [0.1, 0.15) is 25.8 Å². The Morgan fingerprint density at radius 2 is 1.67 bits per heavy atom. The van der Waals surface area contributed by atoms with E-state index < -0.39 is 0 Å². The van der Waals surface area contributed by atoms with E-state index in [1.54, 1.807) is 11.8 Å². The minimum absolute atomic E-state index is 0.0874. The van der Waals surface area contributed by atoms with E-state index in [0.717, 1.165) is 6.54 Å². The van der Waals surface area contributed by atoms with E-state index in [4.69, 9.17) is 0 Å². The molecule has 24 heavy (non-hydrogen) atoms. The van der Waals surface area contributed by atoms with Gasteiger partial charge in [0.05, 0.1) is 0 Å². The van der Waals surface area contributed by atoms with Crippen LogP contribution in [0, 0.1) is 0 Å². The van der Waals surface area contributed by atoms with E-state index in [9.17, 15) is 9.59 Å². The van der Waals surface area contributed by atoms with Gasteiger partial charge in [-0.05, 0) is 12.5 Å². The van der Waals surface area contributed by atoms with Crippen LogP contribution >= 0.6 is 0 Å². The van der Waals surface area contributed by atoms with E-state index in [1.807, 2.05) is 23.1 Å². The zero-order valence-corrected chi connectivity index (χ0v) is 14.6. The molecule has 1 aliphatic rings. The van der Waals surface area contributed by atoms with E-state index in [2.05, 4.69) is 30.4 Å². The van der Waals surface area contributed by atoms with Crippen LogP contribution in [0.5, 0.6) is 0 Å². The first kappa shape index (κ1) is 18.2. The summed E-state index contributed by atoms with van der Waals surface area (Å²) in [7, 11) is 0. The minimum atomic E-state index is 0.0874. The zero-order valence-electron chi connectivity index (χ0n) is 14.6. The molecule has 0 aliphatic carbocycles. The Morgan fingerprint density at radius 1 is 1.04 bits per heavy atom. The Morgan fingerprint density at radius 3 is 2.29 bits per heavy atom. The number of carbonyl (C=O) groups is 2. The van der Waals surface area contributed by atoms with Gasteiger partial charge in [-0.25, -0.2) is 0 Å². The highest BCUT2D eigenvalue weighted by molar-refractivity contribution is 5.77. The molecule has 1 aromatic carbocycles. The minimum Gasteiger partial charge on any atom is -0.339 e. The average molecular weight is 329 g/mol. The molecule has 0 aromatic heterocycles. The molecular formula is C19H27N3O2. The predicted octanol–water partition coefficient (Wildman–Crippen LogP) is 1.76. The Kier molecular flexibility index (Phi) is 7.00. The average Bonchev–Trinajstić information content (AvgIpc) is 2.59. The first-order valence-electron chi connectivity index (χ1n) is 8.52. The van der Waals surface area contributed by atoms with E-state index in [0.29, 0.717) is 39.1 Å². The van der Waals surface area contributed by atoms with Crippen molar-refractivity contribution in [2.24, 2.45) is 0 Å². The second-order valence-electron chi connectivity index (χ2n) is 6.22. The van der Waals surface area contributed by atoms with Gasteiger partial charge in [0.25, 0.3) is 0 Å². The van der Waals surface area contributed by atoms with Gasteiger partial charge >= 0.3 is 0 Å². The Bertz CT molecular complexity index is 576. The molecule has 0 radical (unpaired) electrons. The number of rotatable bonds is 6. The van der Waals surface area contributed by atoms with Crippen molar-refractivity contribution < 1.29 is 9.59 Å². The summed E-state index contributed by atoms with van der Waals surface area (Å²) in [5.74, 6) is 0.250. The van der Waals surface area contributed by atoms with Gasteiger partial charge in [0.2, 0.25) is 11.8 Å². The van der Waals surface area contributed by atoms with Crippen LogP contribution < -0.4 is 5.32 Å². The van der Waals surface area contributed by atoms with Crippen LogP contribution in [0.25, 0.3) is 6.08 Å². The van der Waals surface area contributed by atoms with Gasteiger partial charge in [-0.2, -0.15) is 0 Å². The van der Waals surface area contributed by atoms with Crippen molar-refractivity contribution >= 4 is 17.9 Å². The molecule has 2 rings (SSSR count). The van der Waals surface area contributed by atoms with Crippen molar-refractivity contribution in [3.8, 4) is 0 Å². The summed E-state index contributed by atoms with van der Waals surface area (Å²) in [5, 5.41) is 3.32. The number of benzene rings is 1. The molecule has 1 saturated heterocycles. The fraction of sp³-hybridized carbons (Fsp3) is 0.474. The number of piperazine rings is 1. The summed E-state index contributed by atoms with van der Waals surface area (Å²) in [6, 6.07) is 10.2. The second kappa shape index (κ2) is 9.23. The summed E-state index contributed by atoms with van der Waals surface area (Å²) in [4.78, 5) is 27.1. The molecule has 0 atom stereocenters. The summed E-state index contributed by atoms with van der Waals surface area (Å²) in [5.41, 5.74) is 2.43. The SMILES string of the molecule is CC(=O)N1CCN(C(=O)CCNC/C(C)=C/c2ccccc2)CC1. The molecule has 1 fully saturated rings. The second-order valence-corrected chi connectivity index (χ2v) is 6.22. The van der Waals surface area contributed by atoms with Gasteiger partial charge in [0, 0.05) is 52.6 Å². The smallest absolute Gasteiger partial charge is 0.223 e. The maximum Gasteiger partial charge on any atom is 0.223 e. The van der Waals surface area contributed by atoms with Crippen molar-refractivity contribution in [1.29, 1.82) is 0 Å². The Hall–Kier alpha value is -2.14. The lowest BCUT2D eigenvalue weighted by atomic mass is 10.1. The quantitative estimate of drug-likeness (QED) is 0.809. The summed E-state index contributed by atoms with van der Waals surface area (Å²) in [6.45, 7) is 7.69. The van der Waals surface area contributed by atoms with Crippen LogP contribution in [-0.2, 0) is 9.59 Å². The molecule has 0 saturated carbocycles. The van der Waals surface area contributed by atoms with Crippen LogP contribution in [0.4, 0.5) is 0 Å². The molecule has 1 heterocycles. The normalized spacial score (nSPS) is 15.5. The van der Waals surface area contributed by atoms with Crippen molar-refractivity contribution in [3.63, 3.8) is 0 Å². The Labute approximate surface area is 144 Å². The number of nitrogens with zero attached hydrogens (tertiary/aromatic N) is 2. The third-order valence-electron chi connectivity index (χ3n) is 4.21. The van der Waals surface area contributed by atoms with Gasteiger partial charge in [0.15, 0.2) is 0 Å². The molecule has 1 aliphatic heterocycles. The fourth-order valence-corrected chi connectivity index (χ4v) is 2.79. The topological polar surface area (TPSA) is 52.7 Å². The van der Waals surface area contributed by atoms with Crippen LogP contribution in [-0.4, -0.2) is 60.9 Å². The molecule has 2 amide bonds. The number of amides is 2. The zero-order chi connectivity index (χ0) is 17.4. The molecule has 5 heteroatoms. The lowest BCUT2D eigenvalue weighted by Gasteiger charge is -2.34. The number of carbonyl (C=O) groups excluding carboxylic acids is 2. The third kappa shape index (κ3) is 5.81. The van der Waals surface area contributed by atoms with Crippen molar-refractivity contribution in [3.05, 3.63) is 41.5 Å². The van der Waals surface area contributed by atoms with Gasteiger partial charge in [-0.15, -0.1) is 0 Å². The molecule has 0 spiro atoms. The highest BCUT2D eigenvalue weighted by Gasteiger charge is 2.21. The van der Waals surface area contributed by atoms with Crippen molar-refractivity contribution in [1.82, 2.24) is 15.1 Å². The van der Waals surface area contributed by atoms with E-state index >= 15 is 0 Å². The predicted molar refractivity (Wildman–Crippen MR) is 96.4 cm³/mol. The summed E-state index contributed by atoms with van der Waals surface area (Å²) in [6.07, 6.45) is 2.65. The summed E-state index contributed by atoms with van der Waals surface area (Å²) < 4.78 is 0. The van der Waals surface area contributed by atoms with E-state index in [-0.39, 0.29) is 11.8 Å². The standard InChI is InChI=1S/C19H27N3O2/c1-16(14-18-6-4-3-5-7-18)15-20-9-8-19(24)22-12-10-21(11-13-22)17(2)23/h3-7,14,20H,8-13,15H2,1-2H3/b16-14+. The number of hydrogen-bond acceptors (Lipinski definition) is 3. The summed E-state index contributed by atoms with van der Waals surface area (Å²) >= 11 is 0. The highest BCUT2D eigenvalue weighted by atomic mass is 16.2. The van der Waals surface area contributed by atoms with Crippen molar-refractivity contribution in [2.45, 2.75) is 20.3 Å². The fourth-order valence-electron chi connectivity index (χ4n) is 2.79. The molecule has 0 unspecified atom stereocenters. The first-order valence-corrected chi connectivity index (χ1v) is 8.52. The van der Waals surface area contributed by atoms with Crippen LogP contribution in [0.15, 0.2) is 35.9 Å². The maximum absolute atomic E-state index is 12.2. The third-order valence-corrected chi connectivity index (χ3v) is 4.21. The van der Waals surface area contributed by atoms with Gasteiger partial charge < -0.3 is 15.1 Å². The van der Waals surface area contributed by atoms with Gasteiger partial charge in [0.1, 0.15) is 0 Å². The monoisotopic (exact) mass is 329 g/mol. The van der Waals surface area contributed by atoms with E-state index in [1.165, 1.54) is 11.1 Å². The highest BCUT2D eigenvalue weighted by Crippen LogP contribution is 2.06. The molecule has 1 N–H and O–H groups in total. The number of hydrogen-bond donors (Lipinski definition) is 1. The maximum atomic E-state index is 12.2. The largest absolute Gasteiger partial charge is 0.339 e. The molecule has 1 aromatic rings. The molecule has 130 valence electrons. The van der Waals surface area contributed by atoms with Crippen molar-refractivity contribution in [2.75, 3.05) is 39.3 Å². The van der Waals surface area contributed by atoms with Gasteiger partial charge in [-0.1, -0.05) is 42.0 Å². The van der Waals surface area contributed by atoms with Crippen LogP contribution in [0.2, 0.25) is 0 Å². The van der Waals surface area contributed by atoms with Crippen LogP contribution in [0.3, 0.4) is 0 Å². The Balaban J connectivity index is 1.64.